The van der Waals surface area contributed by atoms with Crippen molar-refractivity contribution in [1.82, 2.24) is 5.16 Å². The quantitative estimate of drug-likeness (QED) is 0.926. The molecule has 0 saturated heterocycles. The zero-order valence-corrected chi connectivity index (χ0v) is 12.1. The molecule has 1 aromatic heterocycles. The van der Waals surface area contributed by atoms with E-state index in [2.05, 4.69) is 5.16 Å². The van der Waals surface area contributed by atoms with E-state index in [0.717, 1.165) is 0 Å². The highest BCUT2D eigenvalue weighted by atomic mass is 35.5. The highest BCUT2D eigenvalue weighted by Crippen LogP contribution is 2.56. The third-order valence-electron chi connectivity index (χ3n) is 3.05. The summed E-state index contributed by atoms with van der Waals surface area (Å²) in [6.45, 7) is -0.229. The maximum absolute atomic E-state index is 9.08. The Morgan fingerprint density at radius 3 is 2.57 bits per heavy atom. The number of aromatic nitrogens is 1. The summed E-state index contributed by atoms with van der Waals surface area (Å²) >= 11 is 6.37. The van der Waals surface area contributed by atoms with Crippen LogP contribution in [0, 0.1) is 0 Å². The monoisotopic (exact) mass is 313 g/mol. The molecule has 0 atom stereocenters. The van der Waals surface area contributed by atoms with Gasteiger partial charge in [-0.1, -0.05) is 16.8 Å². The molecule has 1 aliphatic rings. The van der Waals surface area contributed by atoms with E-state index < -0.39 is 0 Å². The molecular formula is C13H12ClNO6. The number of benzene rings is 1. The SMILES string of the molecule is COc1c2c(c(Cl)c(-c3cc(CO)on3)c1OC)OCO2. The number of methoxy groups -OCH3 is 2. The van der Waals surface area contributed by atoms with E-state index >= 15 is 0 Å². The van der Waals surface area contributed by atoms with Crippen LogP contribution in [0.1, 0.15) is 5.76 Å². The van der Waals surface area contributed by atoms with E-state index in [-0.39, 0.29) is 18.4 Å². The van der Waals surface area contributed by atoms with Gasteiger partial charge in [0.05, 0.1) is 19.8 Å². The lowest BCUT2D eigenvalue weighted by molar-refractivity contribution is 0.171. The van der Waals surface area contributed by atoms with Gasteiger partial charge in [-0.3, -0.25) is 0 Å². The van der Waals surface area contributed by atoms with Gasteiger partial charge in [-0.15, -0.1) is 0 Å². The average Bonchev–Trinajstić information content (AvgIpc) is 3.15. The minimum absolute atomic E-state index is 0.0404. The lowest BCUT2D eigenvalue weighted by Crippen LogP contribution is -1.96. The number of aliphatic hydroxyl groups is 1. The van der Waals surface area contributed by atoms with Gasteiger partial charge in [0.1, 0.15) is 17.3 Å². The highest BCUT2D eigenvalue weighted by Gasteiger charge is 2.32. The fraction of sp³-hybridized carbons (Fsp3) is 0.308. The molecule has 7 nitrogen and oxygen atoms in total. The van der Waals surface area contributed by atoms with Gasteiger partial charge in [0.2, 0.25) is 18.3 Å². The summed E-state index contributed by atoms with van der Waals surface area (Å²) in [5.41, 5.74) is 0.848. The molecule has 0 amide bonds. The van der Waals surface area contributed by atoms with E-state index in [1.807, 2.05) is 0 Å². The van der Waals surface area contributed by atoms with Crippen molar-refractivity contribution in [1.29, 1.82) is 0 Å². The average molecular weight is 314 g/mol. The number of halogens is 1. The van der Waals surface area contributed by atoms with E-state index in [0.29, 0.717) is 40.0 Å². The Labute approximate surface area is 124 Å². The third kappa shape index (κ3) is 2.05. The van der Waals surface area contributed by atoms with E-state index in [1.54, 1.807) is 6.07 Å². The molecule has 0 radical (unpaired) electrons. The number of aliphatic hydroxyl groups excluding tert-OH is 1. The second-order valence-electron chi connectivity index (χ2n) is 4.16. The molecule has 0 saturated carbocycles. The predicted molar refractivity (Wildman–Crippen MR) is 72.1 cm³/mol. The molecule has 0 bridgehead atoms. The minimum atomic E-state index is -0.269. The largest absolute Gasteiger partial charge is 0.492 e. The Hall–Kier alpha value is -2.12. The number of rotatable bonds is 4. The van der Waals surface area contributed by atoms with Gasteiger partial charge in [-0.25, -0.2) is 0 Å². The standard InChI is InChI=1S/C13H12ClNO6/c1-17-10-8(7-3-6(4-16)21-15-7)9(14)11-13(12(10)18-2)20-5-19-11/h3,16H,4-5H2,1-2H3. The molecule has 0 spiro atoms. The van der Waals surface area contributed by atoms with Crippen LogP contribution >= 0.6 is 11.6 Å². The molecule has 0 fully saturated rings. The molecular weight excluding hydrogens is 302 g/mol. The summed E-state index contributed by atoms with van der Waals surface area (Å²) in [4.78, 5) is 0. The lowest BCUT2D eigenvalue weighted by Gasteiger charge is -2.15. The molecule has 2 heterocycles. The zero-order valence-electron chi connectivity index (χ0n) is 11.3. The molecule has 112 valence electrons. The first-order valence-corrected chi connectivity index (χ1v) is 6.38. The third-order valence-corrected chi connectivity index (χ3v) is 3.41. The summed E-state index contributed by atoms with van der Waals surface area (Å²) in [7, 11) is 2.96. The van der Waals surface area contributed by atoms with Crippen LogP contribution in [-0.2, 0) is 6.61 Å². The van der Waals surface area contributed by atoms with Gasteiger partial charge >= 0.3 is 0 Å². The van der Waals surface area contributed by atoms with Gasteiger partial charge in [-0.2, -0.15) is 0 Å². The molecule has 8 heteroatoms. The fourth-order valence-electron chi connectivity index (χ4n) is 2.15. The van der Waals surface area contributed by atoms with Crippen molar-refractivity contribution in [3.8, 4) is 34.3 Å². The van der Waals surface area contributed by atoms with Crippen molar-refractivity contribution in [3.05, 3.63) is 16.8 Å². The van der Waals surface area contributed by atoms with Crippen molar-refractivity contribution in [2.24, 2.45) is 0 Å². The molecule has 0 aliphatic carbocycles. The maximum atomic E-state index is 9.08. The first kappa shape index (κ1) is 13.8. The normalized spacial score (nSPS) is 12.6. The zero-order chi connectivity index (χ0) is 15.0. The first-order valence-electron chi connectivity index (χ1n) is 6.01. The molecule has 1 N–H and O–H groups in total. The van der Waals surface area contributed by atoms with Gasteiger partial charge in [0, 0.05) is 6.07 Å². The minimum Gasteiger partial charge on any atom is -0.492 e. The fourth-order valence-corrected chi connectivity index (χ4v) is 2.48. The van der Waals surface area contributed by atoms with E-state index in [9.17, 15) is 0 Å². The Morgan fingerprint density at radius 2 is 1.95 bits per heavy atom. The Morgan fingerprint density at radius 1 is 1.24 bits per heavy atom. The molecule has 1 aliphatic heterocycles. The Kier molecular flexibility index (Phi) is 3.52. The van der Waals surface area contributed by atoms with Crippen LogP contribution in [0.4, 0.5) is 0 Å². The summed E-state index contributed by atoms with van der Waals surface area (Å²) < 4.78 is 26.4. The number of nitrogens with zero attached hydrogens (tertiary/aromatic N) is 1. The van der Waals surface area contributed by atoms with Crippen molar-refractivity contribution < 1.29 is 28.6 Å². The summed E-state index contributed by atoms with van der Waals surface area (Å²) in [5.74, 6) is 1.76. The van der Waals surface area contributed by atoms with E-state index in [4.69, 9.17) is 40.2 Å². The van der Waals surface area contributed by atoms with Crippen LogP contribution in [0.25, 0.3) is 11.3 Å². The number of ether oxygens (including phenoxy) is 4. The summed E-state index contributed by atoms with van der Waals surface area (Å²) in [6.07, 6.45) is 0. The summed E-state index contributed by atoms with van der Waals surface area (Å²) in [5, 5.41) is 13.2. The lowest BCUT2D eigenvalue weighted by atomic mass is 10.1. The smallest absolute Gasteiger partial charge is 0.231 e. The predicted octanol–water partition coefficient (Wildman–Crippen LogP) is 2.23. The van der Waals surface area contributed by atoms with Crippen molar-refractivity contribution in [3.63, 3.8) is 0 Å². The summed E-state index contributed by atoms with van der Waals surface area (Å²) in [6, 6.07) is 1.56. The number of hydrogen-bond acceptors (Lipinski definition) is 7. The van der Waals surface area contributed by atoms with E-state index in [1.165, 1.54) is 14.2 Å². The second kappa shape index (κ2) is 5.34. The van der Waals surface area contributed by atoms with Crippen LogP contribution < -0.4 is 18.9 Å². The van der Waals surface area contributed by atoms with Gasteiger partial charge < -0.3 is 28.6 Å². The van der Waals surface area contributed by atoms with Crippen LogP contribution in [0.2, 0.25) is 5.02 Å². The molecule has 1 aromatic carbocycles. The van der Waals surface area contributed by atoms with Crippen molar-refractivity contribution in [2.75, 3.05) is 21.0 Å². The first-order chi connectivity index (χ1) is 10.2. The second-order valence-corrected chi connectivity index (χ2v) is 4.53. The van der Waals surface area contributed by atoms with Crippen LogP contribution in [-0.4, -0.2) is 31.3 Å². The maximum Gasteiger partial charge on any atom is 0.231 e. The molecule has 21 heavy (non-hydrogen) atoms. The molecule has 2 aromatic rings. The Bertz CT molecular complexity index is 684. The topological polar surface area (TPSA) is 83.2 Å². The number of fused-ring (bicyclic) bond motifs is 1. The van der Waals surface area contributed by atoms with Crippen molar-refractivity contribution >= 4 is 11.6 Å². The molecule has 0 unspecified atom stereocenters. The van der Waals surface area contributed by atoms with Crippen LogP contribution in [0.15, 0.2) is 10.6 Å². The van der Waals surface area contributed by atoms with Gasteiger partial charge in [0.25, 0.3) is 0 Å². The van der Waals surface area contributed by atoms with Crippen molar-refractivity contribution in [2.45, 2.75) is 6.61 Å². The van der Waals surface area contributed by atoms with Crippen LogP contribution in [0.5, 0.6) is 23.0 Å². The highest BCUT2D eigenvalue weighted by molar-refractivity contribution is 6.35. The van der Waals surface area contributed by atoms with Gasteiger partial charge in [-0.05, 0) is 0 Å². The number of hydrogen-bond donors (Lipinski definition) is 1. The molecule has 3 rings (SSSR count). The Balaban J connectivity index is 2.28. The van der Waals surface area contributed by atoms with Crippen LogP contribution in [0.3, 0.4) is 0 Å². The van der Waals surface area contributed by atoms with Gasteiger partial charge in [0.15, 0.2) is 17.3 Å².